The fraction of sp³-hybridized carbons (Fsp3) is 0.412. The lowest BCUT2D eigenvalue weighted by Gasteiger charge is -2.10. The van der Waals surface area contributed by atoms with Crippen LogP contribution in [0.2, 0.25) is 0 Å². The summed E-state index contributed by atoms with van der Waals surface area (Å²) >= 11 is 0. The molecule has 4 nitrogen and oxygen atoms in total. The van der Waals surface area contributed by atoms with Crippen molar-refractivity contribution in [3.63, 3.8) is 0 Å². The van der Waals surface area contributed by atoms with Gasteiger partial charge in [0.25, 0.3) is 5.91 Å². The molecule has 0 bridgehead atoms. The van der Waals surface area contributed by atoms with Gasteiger partial charge in [0, 0.05) is 26.2 Å². The fourth-order valence-electron chi connectivity index (χ4n) is 2.91. The Hall–Kier alpha value is -2.10. The van der Waals surface area contributed by atoms with Crippen molar-refractivity contribution in [1.29, 1.82) is 0 Å². The first-order valence-corrected chi connectivity index (χ1v) is 7.55. The SMILES string of the molecule is CN(C)C(=O)c1nc(-c2ccccc2)n2c1CCCCC2. The first kappa shape index (κ1) is 13.9. The number of imidazole rings is 1. The van der Waals surface area contributed by atoms with Crippen molar-refractivity contribution < 1.29 is 4.79 Å². The number of carbonyl (C=O) groups is 1. The lowest BCUT2D eigenvalue weighted by molar-refractivity contribution is 0.0821. The molecule has 0 atom stereocenters. The van der Waals surface area contributed by atoms with Crippen molar-refractivity contribution in [1.82, 2.24) is 14.5 Å². The van der Waals surface area contributed by atoms with Gasteiger partial charge in [-0.3, -0.25) is 4.79 Å². The van der Waals surface area contributed by atoms with Crippen LogP contribution in [0.3, 0.4) is 0 Å². The zero-order valence-corrected chi connectivity index (χ0v) is 12.7. The average molecular weight is 283 g/mol. The van der Waals surface area contributed by atoms with Crippen LogP contribution in [0.4, 0.5) is 0 Å². The van der Waals surface area contributed by atoms with Crippen LogP contribution in [0.25, 0.3) is 11.4 Å². The van der Waals surface area contributed by atoms with Crippen molar-refractivity contribution in [2.45, 2.75) is 32.2 Å². The van der Waals surface area contributed by atoms with Crippen LogP contribution in [-0.4, -0.2) is 34.5 Å². The zero-order valence-electron chi connectivity index (χ0n) is 12.7. The molecule has 110 valence electrons. The molecule has 1 amide bonds. The second-order valence-electron chi connectivity index (χ2n) is 5.76. The van der Waals surface area contributed by atoms with Crippen LogP contribution >= 0.6 is 0 Å². The van der Waals surface area contributed by atoms with Gasteiger partial charge in [-0.2, -0.15) is 0 Å². The third-order valence-corrected chi connectivity index (χ3v) is 4.01. The molecule has 0 unspecified atom stereocenters. The molecule has 2 aromatic rings. The summed E-state index contributed by atoms with van der Waals surface area (Å²) in [5.41, 5.74) is 2.81. The lowest BCUT2D eigenvalue weighted by Crippen LogP contribution is -2.23. The molecule has 0 saturated heterocycles. The summed E-state index contributed by atoms with van der Waals surface area (Å²) in [6.45, 7) is 0.952. The topological polar surface area (TPSA) is 38.1 Å². The number of fused-ring (bicyclic) bond motifs is 1. The van der Waals surface area contributed by atoms with E-state index in [4.69, 9.17) is 4.98 Å². The molecule has 1 aliphatic rings. The number of nitrogens with zero attached hydrogens (tertiary/aromatic N) is 3. The fourth-order valence-corrected chi connectivity index (χ4v) is 2.91. The lowest BCUT2D eigenvalue weighted by atomic mass is 10.1. The van der Waals surface area contributed by atoms with E-state index in [1.54, 1.807) is 19.0 Å². The normalized spacial score (nSPS) is 14.4. The standard InChI is InChI=1S/C17H21N3O/c1-19(2)17(21)15-14-11-7-4-8-12-20(14)16(18-15)13-9-5-3-6-10-13/h3,5-6,9-10H,4,7-8,11-12H2,1-2H3. The highest BCUT2D eigenvalue weighted by atomic mass is 16.2. The number of benzene rings is 1. The first-order valence-electron chi connectivity index (χ1n) is 7.55. The summed E-state index contributed by atoms with van der Waals surface area (Å²) in [6, 6.07) is 10.2. The molecule has 21 heavy (non-hydrogen) atoms. The van der Waals surface area contributed by atoms with Gasteiger partial charge in [-0.15, -0.1) is 0 Å². The maximum atomic E-state index is 12.4. The van der Waals surface area contributed by atoms with E-state index in [0.29, 0.717) is 5.69 Å². The highest BCUT2D eigenvalue weighted by Gasteiger charge is 2.24. The number of rotatable bonds is 2. The molecular weight excluding hydrogens is 262 g/mol. The van der Waals surface area contributed by atoms with Gasteiger partial charge in [0.05, 0.1) is 5.69 Å². The molecule has 1 aromatic heterocycles. The van der Waals surface area contributed by atoms with Crippen molar-refractivity contribution in [2.75, 3.05) is 14.1 Å². The van der Waals surface area contributed by atoms with Crippen molar-refractivity contribution >= 4 is 5.91 Å². The number of hydrogen-bond donors (Lipinski definition) is 0. The second kappa shape index (κ2) is 5.72. The largest absolute Gasteiger partial charge is 0.343 e. The summed E-state index contributed by atoms with van der Waals surface area (Å²) in [4.78, 5) is 18.7. The summed E-state index contributed by atoms with van der Waals surface area (Å²) in [5.74, 6) is 0.931. The predicted molar refractivity (Wildman–Crippen MR) is 83.2 cm³/mol. The molecule has 1 aromatic carbocycles. The number of hydrogen-bond acceptors (Lipinski definition) is 2. The summed E-state index contributed by atoms with van der Waals surface area (Å²) in [6.07, 6.45) is 4.44. The third-order valence-electron chi connectivity index (χ3n) is 4.01. The monoisotopic (exact) mass is 283 g/mol. The molecule has 1 aliphatic heterocycles. The molecule has 0 radical (unpaired) electrons. The van der Waals surface area contributed by atoms with E-state index in [2.05, 4.69) is 16.7 Å². The van der Waals surface area contributed by atoms with Crippen molar-refractivity contribution in [3.8, 4) is 11.4 Å². The Balaban J connectivity index is 2.15. The van der Waals surface area contributed by atoms with Gasteiger partial charge < -0.3 is 9.47 Å². The highest BCUT2D eigenvalue weighted by Crippen LogP contribution is 2.27. The zero-order chi connectivity index (χ0) is 14.8. The summed E-state index contributed by atoms with van der Waals surface area (Å²) in [5, 5.41) is 0. The Labute approximate surface area is 125 Å². The number of amides is 1. The van der Waals surface area contributed by atoms with E-state index in [1.165, 1.54) is 6.42 Å². The first-order chi connectivity index (χ1) is 10.2. The minimum absolute atomic E-state index is 0.00262. The third kappa shape index (κ3) is 2.58. The van der Waals surface area contributed by atoms with E-state index in [-0.39, 0.29) is 5.91 Å². The molecule has 0 N–H and O–H groups in total. The van der Waals surface area contributed by atoms with Gasteiger partial charge in [0.2, 0.25) is 0 Å². The summed E-state index contributed by atoms with van der Waals surface area (Å²) in [7, 11) is 3.57. The smallest absolute Gasteiger partial charge is 0.273 e. The Bertz CT molecular complexity index is 644. The van der Waals surface area contributed by atoms with E-state index < -0.39 is 0 Å². The minimum Gasteiger partial charge on any atom is -0.343 e. The van der Waals surface area contributed by atoms with Gasteiger partial charge in [0.15, 0.2) is 0 Å². The van der Waals surface area contributed by atoms with Crippen LogP contribution in [-0.2, 0) is 13.0 Å². The molecule has 0 fully saturated rings. The number of carbonyl (C=O) groups excluding carboxylic acids is 1. The highest BCUT2D eigenvalue weighted by molar-refractivity contribution is 5.94. The van der Waals surface area contributed by atoms with Gasteiger partial charge in [-0.1, -0.05) is 36.8 Å². The molecule has 4 heteroatoms. The van der Waals surface area contributed by atoms with E-state index in [1.807, 2.05) is 18.2 Å². The molecule has 3 rings (SSSR count). The Kier molecular flexibility index (Phi) is 3.78. The van der Waals surface area contributed by atoms with Crippen LogP contribution in [0.15, 0.2) is 30.3 Å². The molecule has 0 aliphatic carbocycles. The molecule has 0 spiro atoms. The van der Waals surface area contributed by atoms with Crippen molar-refractivity contribution in [2.24, 2.45) is 0 Å². The van der Waals surface area contributed by atoms with E-state index in [0.717, 1.165) is 42.9 Å². The molecular formula is C17H21N3O. The van der Waals surface area contributed by atoms with Gasteiger partial charge in [-0.25, -0.2) is 4.98 Å². The molecule has 0 saturated carbocycles. The average Bonchev–Trinajstić information content (AvgIpc) is 2.69. The van der Waals surface area contributed by atoms with Crippen molar-refractivity contribution in [3.05, 3.63) is 41.7 Å². The maximum absolute atomic E-state index is 12.4. The summed E-state index contributed by atoms with van der Waals surface area (Å²) < 4.78 is 2.25. The number of aromatic nitrogens is 2. The Morgan fingerprint density at radius 2 is 1.90 bits per heavy atom. The van der Waals surface area contributed by atoms with Gasteiger partial charge in [0.1, 0.15) is 11.5 Å². The van der Waals surface area contributed by atoms with Crippen LogP contribution in [0.5, 0.6) is 0 Å². The minimum atomic E-state index is 0.00262. The predicted octanol–water partition coefficient (Wildman–Crippen LogP) is 2.98. The van der Waals surface area contributed by atoms with E-state index >= 15 is 0 Å². The Morgan fingerprint density at radius 3 is 2.62 bits per heavy atom. The van der Waals surface area contributed by atoms with Gasteiger partial charge in [-0.05, 0) is 19.3 Å². The Morgan fingerprint density at radius 1 is 1.14 bits per heavy atom. The maximum Gasteiger partial charge on any atom is 0.273 e. The van der Waals surface area contributed by atoms with E-state index in [9.17, 15) is 4.79 Å². The quantitative estimate of drug-likeness (QED) is 0.850. The van der Waals surface area contributed by atoms with Crippen LogP contribution in [0, 0.1) is 0 Å². The molecule has 2 heterocycles. The second-order valence-corrected chi connectivity index (χ2v) is 5.76. The van der Waals surface area contributed by atoms with Crippen LogP contribution < -0.4 is 0 Å². The van der Waals surface area contributed by atoms with Gasteiger partial charge >= 0.3 is 0 Å². The van der Waals surface area contributed by atoms with Crippen LogP contribution in [0.1, 0.15) is 35.4 Å².